The van der Waals surface area contributed by atoms with Crippen LogP contribution in [-0.4, -0.2) is 40.0 Å². The van der Waals surface area contributed by atoms with Gasteiger partial charge >= 0.3 is 0 Å². The summed E-state index contributed by atoms with van der Waals surface area (Å²) in [5, 5.41) is 6.38. The highest BCUT2D eigenvalue weighted by atomic mass is 32.1. The van der Waals surface area contributed by atoms with Crippen LogP contribution in [0, 0.1) is 6.92 Å². The number of fused-ring (bicyclic) bond motifs is 1. The monoisotopic (exact) mass is 495 g/mol. The molecule has 7 nitrogen and oxygen atoms in total. The number of carbonyl (C=O) groups is 1. The molecule has 36 heavy (non-hydrogen) atoms. The van der Waals surface area contributed by atoms with Crippen molar-refractivity contribution in [2.24, 2.45) is 0 Å². The number of nitrogens with zero attached hydrogens (tertiary/aromatic N) is 4. The summed E-state index contributed by atoms with van der Waals surface area (Å²) in [5.74, 6) is 2.55. The van der Waals surface area contributed by atoms with E-state index in [4.69, 9.17) is 14.4 Å². The first-order chi connectivity index (χ1) is 17.7. The zero-order chi connectivity index (χ0) is 24.5. The third kappa shape index (κ3) is 4.35. The van der Waals surface area contributed by atoms with Crippen molar-refractivity contribution in [3.63, 3.8) is 0 Å². The molecule has 8 heteroatoms. The second-order valence-corrected chi connectivity index (χ2v) is 9.81. The molecule has 1 N–H and O–H groups in total. The zero-order valence-corrected chi connectivity index (χ0v) is 20.7. The van der Waals surface area contributed by atoms with Gasteiger partial charge in [-0.3, -0.25) is 9.78 Å². The van der Waals surface area contributed by atoms with Gasteiger partial charge in [0, 0.05) is 48.0 Å². The summed E-state index contributed by atoms with van der Waals surface area (Å²) < 4.78 is 5.48. The minimum absolute atomic E-state index is 0.0883. The molecule has 1 aliphatic heterocycles. The Labute approximate surface area is 212 Å². The molecule has 5 heterocycles. The molecule has 1 aliphatic rings. The average Bonchev–Trinajstić information content (AvgIpc) is 3.56. The summed E-state index contributed by atoms with van der Waals surface area (Å²) >= 11 is 1.64. The molecule has 180 valence electrons. The topological polar surface area (TPSA) is 84.2 Å². The van der Waals surface area contributed by atoms with Crippen LogP contribution < -0.4 is 10.2 Å². The first kappa shape index (κ1) is 22.4. The molecule has 0 unspecified atom stereocenters. The lowest BCUT2D eigenvalue weighted by Gasteiger charge is -2.33. The molecule has 1 aromatic carbocycles. The van der Waals surface area contributed by atoms with Gasteiger partial charge in [-0.15, -0.1) is 11.3 Å². The standard InChI is InChI=1S/C28H25N5O2S/c1-18-9-10-23(35-18)27(34)30-21-11-14-33(15-12-21)26-24-22(19-6-3-2-4-7-19)17-36-28(24)32-25(31-26)20-8-5-13-29-16-20/h2-10,13,16-17,21H,11-12,14-15H2,1H3,(H,30,34). The normalized spacial score (nSPS) is 14.3. The Morgan fingerprint density at radius 3 is 2.56 bits per heavy atom. The van der Waals surface area contributed by atoms with Crippen LogP contribution in [0.4, 0.5) is 5.82 Å². The van der Waals surface area contributed by atoms with E-state index in [9.17, 15) is 4.79 Å². The summed E-state index contributed by atoms with van der Waals surface area (Å²) in [6.07, 6.45) is 5.20. The molecular formula is C28H25N5O2S. The van der Waals surface area contributed by atoms with Gasteiger partial charge in [0.05, 0.1) is 5.39 Å². The van der Waals surface area contributed by atoms with E-state index in [1.165, 1.54) is 0 Å². The average molecular weight is 496 g/mol. The Kier molecular flexibility index (Phi) is 5.95. The number of hydrogen-bond donors (Lipinski definition) is 1. The van der Waals surface area contributed by atoms with Crippen molar-refractivity contribution in [1.82, 2.24) is 20.3 Å². The van der Waals surface area contributed by atoms with Crippen molar-refractivity contribution in [3.05, 3.63) is 83.9 Å². The molecule has 5 aromatic rings. The van der Waals surface area contributed by atoms with Crippen LogP contribution in [0.5, 0.6) is 0 Å². The summed E-state index contributed by atoms with van der Waals surface area (Å²) in [4.78, 5) is 30.1. The molecule has 1 fully saturated rings. The zero-order valence-electron chi connectivity index (χ0n) is 19.8. The van der Waals surface area contributed by atoms with Crippen LogP contribution in [0.25, 0.3) is 32.7 Å². The van der Waals surface area contributed by atoms with E-state index in [1.54, 1.807) is 29.8 Å². The SMILES string of the molecule is Cc1ccc(C(=O)NC2CCN(c3nc(-c4cccnc4)nc4scc(-c5ccccc5)c34)CC2)o1. The number of carbonyl (C=O) groups excluding carboxylic acids is 1. The molecule has 6 rings (SSSR count). The van der Waals surface area contributed by atoms with Gasteiger partial charge in [0.15, 0.2) is 11.6 Å². The largest absolute Gasteiger partial charge is 0.456 e. The minimum Gasteiger partial charge on any atom is -0.456 e. The number of hydrogen-bond acceptors (Lipinski definition) is 7. The Bertz CT molecular complexity index is 1510. The number of furan rings is 1. The van der Waals surface area contributed by atoms with Crippen molar-refractivity contribution in [2.75, 3.05) is 18.0 Å². The van der Waals surface area contributed by atoms with Gasteiger partial charge in [-0.1, -0.05) is 30.3 Å². The van der Waals surface area contributed by atoms with Crippen LogP contribution in [0.15, 0.2) is 76.8 Å². The molecule has 0 aliphatic carbocycles. The number of nitrogens with one attached hydrogen (secondary N) is 1. The van der Waals surface area contributed by atoms with Gasteiger partial charge in [-0.2, -0.15) is 0 Å². The fourth-order valence-electron chi connectivity index (χ4n) is 4.66. The molecule has 0 bridgehead atoms. The maximum absolute atomic E-state index is 12.6. The van der Waals surface area contributed by atoms with Crippen LogP contribution in [0.1, 0.15) is 29.2 Å². The van der Waals surface area contributed by atoms with Crippen LogP contribution >= 0.6 is 11.3 Å². The van der Waals surface area contributed by atoms with Crippen LogP contribution in [-0.2, 0) is 0 Å². The number of benzene rings is 1. The Hall–Kier alpha value is -4.04. The summed E-state index contributed by atoms with van der Waals surface area (Å²) in [6.45, 7) is 3.40. The number of amides is 1. The quantitative estimate of drug-likeness (QED) is 0.336. The fraction of sp³-hybridized carbons (Fsp3) is 0.214. The van der Waals surface area contributed by atoms with E-state index in [-0.39, 0.29) is 11.9 Å². The van der Waals surface area contributed by atoms with Crippen LogP contribution in [0.3, 0.4) is 0 Å². The molecule has 0 spiro atoms. The first-order valence-corrected chi connectivity index (χ1v) is 12.9. The predicted octanol–water partition coefficient (Wildman–Crippen LogP) is 5.72. The van der Waals surface area contributed by atoms with Crippen molar-refractivity contribution in [3.8, 4) is 22.5 Å². The minimum atomic E-state index is -0.158. The number of piperidine rings is 1. The van der Waals surface area contributed by atoms with E-state index >= 15 is 0 Å². The fourth-order valence-corrected chi connectivity index (χ4v) is 5.60. The lowest BCUT2D eigenvalue weighted by atomic mass is 10.0. The predicted molar refractivity (Wildman–Crippen MR) is 142 cm³/mol. The Morgan fingerprint density at radius 2 is 1.83 bits per heavy atom. The van der Waals surface area contributed by atoms with E-state index in [1.807, 2.05) is 31.2 Å². The van der Waals surface area contributed by atoms with Crippen molar-refractivity contribution in [2.45, 2.75) is 25.8 Å². The van der Waals surface area contributed by atoms with Gasteiger partial charge in [-0.25, -0.2) is 9.97 Å². The van der Waals surface area contributed by atoms with Gasteiger partial charge < -0.3 is 14.6 Å². The van der Waals surface area contributed by atoms with E-state index in [0.717, 1.165) is 64.4 Å². The van der Waals surface area contributed by atoms with Gasteiger partial charge in [0.2, 0.25) is 0 Å². The molecular weight excluding hydrogens is 470 g/mol. The van der Waals surface area contributed by atoms with Crippen molar-refractivity contribution >= 4 is 33.3 Å². The number of thiophene rings is 1. The molecule has 0 atom stereocenters. The number of aromatic nitrogens is 3. The van der Waals surface area contributed by atoms with Gasteiger partial charge in [-0.05, 0) is 49.6 Å². The Balaban J connectivity index is 1.32. The third-order valence-corrected chi connectivity index (χ3v) is 7.39. The van der Waals surface area contributed by atoms with E-state index in [2.05, 4.69) is 44.8 Å². The van der Waals surface area contributed by atoms with Gasteiger partial charge in [0.25, 0.3) is 5.91 Å². The number of anilines is 1. The molecule has 1 amide bonds. The first-order valence-electron chi connectivity index (χ1n) is 12.0. The number of pyridine rings is 1. The highest BCUT2D eigenvalue weighted by Gasteiger charge is 2.26. The second kappa shape index (κ2) is 9.54. The summed E-state index contributed by atoms with van der Waals surface area (Å²) in [7, 11) is 0. The number of aryl methyl sites for hydroxylation is 1. The summed E-state index contributed by atoms with van der Waals surface area (Å²) in [6, 6.07) is 17.9. The van der Waals surface area contributed by atoms with Crippen LogP contribution in [0.2, 0.25) is 0 Å². The molecule has 0 radical (unpaired) electrons. The van der Waals surface area contributed by atoms with Gasteiger partial charge in [0.1, 0.15) is 16.4 Å². The smallest absolute Gasteiger partial charge is 0.287 e. The molecule has 1 saturated heterocycles. The summed E-state index contributed by atoms with van der Waals surface area (Å²) in [5.41, 5.74) is 3.19. The Morgan fingerprint density at radius 1 is 1.03 bits per heavy atom. The number of rotatable bonds is 5. The maximum atomic E-state index is 12.6. The lowest BCUT2D eigenvalue weighted by Crippen LogP contribution is -2.45. The van der Waals surface area contributed by atoms with E-state index in [0.29, 0.717) is 11.6 Å². The highest BCUT2D eigenvalue weighted by molar-refractivity contribution is 7.17. The second-order valence-electron chi connectivity index (χ2n) is 8.95. The van der Waals surface area contributed by atoms with Crippen molar-refractivity contribution < 1.29 is 9.21 Å². The third-order valence-electron chi connectivity index (χ3n) is 6.51. The van der Waals surface area contributed by atoms with Crippen molar-refractivity contribution in [1.29, 1.82) is 0 Å². The maximum Gasteiger partial charge on any atom is 0.287 e. The highest BCUT2D eigenvalue weighted by Crippen LogP contribution is 2.40. The molecule has 0 saturated carbocycles. The molecule has 4 aromatic heterocycles. The lowest BCUT2D eigenvalue weighted by molar-refractivity contribution is 0.0901. The van der Waals surface area contributed by atoms with E-state index < -0.39 is 0 Å².